The number of hydrogen-bond donors (Lipinski definition) is 1. The van der Waals surface area contributed by atoms with Crippen LogP contribution in [-0.4, -0.2) is 12.4 Å². The Hall–Kier alpha value is -0.220. The van der Waals surface area contributed by atoms with Gasteiger partial charge in [0.1, 0.15) is 11.6 Å². The minimum absolute atomic E-state index is 0.281. The molecule has 0 saturated carbocycles. The van der Waals surface area contributed by atoms with Crippen LogP contribution in [0.25, 0.3) is 0 Å². The Bertz CT molecular complexity index is 333. The minimum Gasteiger partial charge on any atom is -0.492 e. The van der Waals surface area contributed by atoms with Crippen molar-refractivity contribution in [2.24, 2.45) is 5.92 Å². The third-order valence-electron chi connectivity index (χ3n) is 2.32. The average molecular weight is 307 g/mol. The van der Waals surface area contributed by atoms with Crippen LogP contribution in [0.3, 0.4) is 0 Å². The molecule has 0 aliphatic heterocycles. The Morgan fingerprint density at radius 2 is 2.25 bits per heavy atom. The van der Waals surface area contributed by atoms with E-state index in [-0.39, 0.29) is 5.82 Å². The van der Waals surface area contributed by atoms with Crippen molar-refractivity contribution in [3.63, 3.8) is 0 Å². The van der Waals surface area contributed by atoms with Gasteiger partial charge in [0.2, 0.25) is 0 Å². The van der Waals surface area contributed by atoms with Gasteiger partial charge in [-0.05, 0) is 40.2 Å². The summed E-state index contributed by atoms with van der Waals surface area (Å²) < 4.78 is 19.4. The van der Waals surface area contributed by atoms with Gasteiger partial charge < -0.3 is 4.74 Å². The van der Waals surface area contributed by atoms with E-state index in [1.165, 1.54) is 12.1 Å². The van der Waals surface area contributed by atoms with Gasteiger partial charge in [-0.1, -0.05) is 13.3 Å². The number of benzene rings is 1. The van der Waals surface area contributed by atoms with Crippen LogP contribution in [0, 0.1) is 11.7 Å². The fraction of sp³-hybridized carbons (Fsp3) is 0.500. The maximum Gasteiger partial charge on any atom is 0.136 e. The van der Waals surface area contributed by atoms with Crippen molar-refractivity contribution >= 4 is 28.6 Å². The Morgan fingerprint density at radius 1 is 1.50 bits per heavy atom. The normalized spacial score (nSPS) is 12.5. The second kappa shape index (κ2) is 7.17. The molecular formula is C12H16BrFOS. The lowest BCUT2D eigenvalue weighted by Gasteiger charge is -2.15. The maximum atomic E-state index is 13.0. The summed E-state index contributed by atoms with van der Waals surface area (Å²) in [5.74, 6) is 1.49. The first-order valence-corrected chi connectivity index (χ1v) is 6.78. The van der Waals surface area contributed by atoms with Crippen molar-refractivity contribution in [2.75, 3.05) is 12.4 Å². The average Bonchev–Trinajstić information content (AvgIpc) is 2.28. The smallest absolute Gasteiger partial charge is 0.136 e. The summed E-state index contributed by atoms with van der Waals surface area (Å²) in [6.07, 6.45) is 2.19. The van der Waals surface area contributed by atoms with Gasteiger partial charge in [-0.25, -0.2) is 4.39 Å². The second-order valence-electron chi connectivity index (χ2n) is 3.72. The zero-order valence-electron chi connectivity index (χ0n) is 9.25. The van der Waals surface area contributed by atoms with Gasteiger partial charge in [-0.2, -0.15) is 12.6 Å². The van der Waals surface area contributed by atoms with Crippen LogP contribution in [0.5, 0.6) is 5.75 Å². The summed E-state index contributed by atoms with van der Waals surface area (Å²) in [5, 5.41) is 0. The molecule has 1 aromatic rings. The molecule has 1 nitrogen and oxygen atoms in total. The number of halogens is 2. The van der Waals surface area contributed by atoms with Crippen LogP contribution in [0.4, 0.5) is 4.39 Å². The molecule has 0 aliphatic rings. The summed E-state index contributed by atoms with van der Waals surface area (Å²) in [6, 6.07) is 4.45. The lowest BCUT2D eigenvalue weighted by molar-refractivity contribution is 0.252. The first-order valence-electron chi connectivity index (χ1n) is 5.36. The van der Waals surface area contributed by atoms with Gasteiger partial charge in [0, 0.05) is 12.0 Å². The molecule has 0 fully saturated rings. The molecule has 1 atom stereocenters. The van der Waals surface area contributed by atoms with E-state index in [2.05, 4.69) is 35.5 Å². The van der Waals surface area contributed by atoms with Gasteiger partial charge in [0.05, 0.1) is 11.1 Å². The van der Waals surface area contributed by atoms with E-state index in [9.17, 15) is 4.39 Å². The van der Waals surface area contributed by atoms with Gasteiger partial charge in [-0.15, -0.1) is 0 Å². The molecule has 0 radical (unpaired) electrons. The third kappa shape index (κ3) is 4.34. The molecule has 0 saturated heterocycles. The number of thiol groups is 1. The molecule has 16 heavy (non-hydrogen) atoms. The zero-order valence-corrected chi connectivity index (χ0v) is 11.7. The van der Waals surface area contributed by atoms with Gasteiger partial charge >= 0.3 is 0 Å². The van der Waals surface area contributed by atoms with E-state index in [1.54, 1.807) is 6.07 Å². The van der Waals surface area contributed by atoms with E-state index < -0.39 is 0 Å². The fourth-order valence-electron chi connectivity index (χ4n) is 1.43. The second-order valence-corrected chi connectivity index (χ2v) is 4.94. The summed E-state index contributed by atoms with van der Waals surface area (Å²) in [5.41, 5.74) is 0. The lowest BCUT2D eigenvalue weighted by atomic mass is 10.1. The van der Waals surface area contributed by atoms with Crippen LogP contribution in [-0.2, 0) is 0 Å². The highest BCUT2D eigenvalue weighted by molar-refractivity contribution is 9.10. The standard InChI is InChI=1S/C12H16BrFOS/c1-2-3-9(8-16)7-15-12-6-10(14)4-5-11(12)13/h4-6,9,16H,2-3,7-8H2,1H3. The van der Waals surface area contributed by atoms with Gasteiger partial charge in [0.15, 0.2) is 0 Å². The molecule has 90 valence electrons. The summed E-state index contributed by atoms with van der Waals surface area (Å²) in [6.45, 7) is 2.72. The molecule has 0 spiro atoms. The van der Waals surface area contributed by atoms with Crippen molar-refractivity contribution in [3.8, 4) is 5.75 Å². The molecule has 0 aromatic heterocycles. The van der Waals surface area contributed by atoms with Crippen molar-refractivity contribution in [1.29, 1.82) is 0 Å². The van der Waals surface area contributed by atoms with Crippen LogP contribution >= 0.6 is 28.6 Å². The molecule has 0 amide bonds. The highest BCUT2D eigenvalue weighted by Crippen LogP contribution is 2.26. The number of ether oxygens (including phenoxy) is 1. The minimum atomic E-state index is -0.281. The monoisotopic (exact) mass is 306 g/mol. The van der Waals surface area contributed by atoms with E-state index in [0.29, 0.717) is 18.3 Å². The van der Waals surface area contributed by atoms with Crippen LogP contribution in [0.15, 0.2) is 22.7 Å². The molecule has 0 N–H and O–H groups in total. The molecule has 4 heteroatoms. The van der Waals surface area contributed by atoms with E-state index in [4.69, 9.17) is 4.74 Å². The predicted molar refractivity (Wildman–Crippen MR) is 71.8 cm³/mol. The summed E-state index contributed by atoms with van der Waals surface area (Å²) in [4.78, 5) is 0. The van der Waals surface area contributed by atoms with Crippen molar-refractivity contribution in [3.05, 3.63) is 28.5 Å². The third-order valence-corrected chi connectivity index (χ3v) is 3.49. The van der Waals surface area contributed by atoms with E-state index >= 15 is 0 Å². The van der Waals surface area contributed by atoms with Gasteiger partial charge in [-0.3, -0.25) is 0 Å². The van der Waals surface area contributed by atoms with Crippen molar-refractivity contribution in [2.45, 2.75) is 19.8 Å². The maximum absolute atomic E-state index is 13.0. The molecule has 0 bridgehead atoms. The van der Waals surface area contributed by atoms with Gasteiger partial charge in [0.25, 0.3) is 0 Å². The van der Waals surface area contributed by atoms with E-state index in [0.717, 1.165) is 23.1 Å². The number of hydrogen-bond acceptors (Lipinski definition) is 2. The zero-order chi connectivity index (χ0) is 12.0. The molecule has 0 aliphatic carbocycles. The van der Waals surface area contributed by atoms with Crippen molar-refractivity contribution < 1.29 is 9.13 Å². The highest BCUT2D eigenvalue weighted by atomic mass is 79.9. The molecule has 1 aromatic carbocycles. The summed E-state index contributed by atoms with van der Waals surface area (Å²) >= 11 is 7.61. The van der Waals surface area contributed by atoms with Crippen LogP contribution < -0.4 is 4.74 Å². The molecule has 1 rings (SSSR count). The number of rotatable bonds is 6. The predicted octanol–water partition coefficient (Wildman–Crippen LogP) is 4.31. The Balaban J connectivity index is 2.55. The van der Waals surface area contributed by atoms with Crippen molar-refractivity contribution in [1.82, 2.24) is 0 Å². The summed E-state index contributed by atoms with van der Waals surface area (Å²) in [7, 11) is 0. The lowest BCUT2D eigenvalue weighted by Crippen LogP contribution is -2.13. The molecule has 0 heterocycles. The SMILES string of the molecule is CCCC(CS)COc1cc(F)ccc1Br. The largest absolute Gasteiger partial charge is 0.492 e. The Kier molecular flexibility index (Phi) is 6.21. The van der Waals surface area contributed by atoms with E-state index in [1.807, 2.05) is 0 Å². The highest BCUT2D eigenvalue weighted by Gasteiger charge is 2.09. The Labute approximate surface area is 110 Å². The quantitative estimate of drug-likeness (QED) is 0.770. The molecule has 1 unspecified atom stereocenters. The molecular weight excluding hydrogens is 291 g/mol. The topological polar surface area (TPSA) is 9.23 Å². The first-order chi connectivity index (χ1) is 7.67. The first kappa shape index (κ1) is 13.8. The Morgan fingerprint density at radius 3 is 2.88 bits per heavy atom. The fourth-order valence-corrected chi connectivity index (χ4v) is 2.08. The van der Waals surface area contributed by atoms with Crippen LogP contribution in [0.1, 0.15) is 19.8 Å². The van der Waals surface area contributed by atoms with Crippen LogP contribution in [0.2, 0.25) is 0 Å².